The maximum atomic E-state index is 12.5. The standard InChI is InChI=1S/C21H24N2O3/c24-21(20-15-25-18-7-3-4-8-19(18)26-20)22-16-9-11-17(12-10-16)23-13-5-1-2-6-14-23/h3-4,7-12,20H,1-2,5-6,13-15H2,(H,22,24)/t20-/m0/s1. The summed E-state index contributed by atoms with van der Waals surface area (Å²) >= 11 is 0. The molecule has 0 spiro atoms. The first-order chi connectivity index (χ1) is 12.8. The number of para-hydroxylation sites is 2. The van der Waals surface area contributed by atoms with E-state index in [-0.39, 0.29) is 12.5 Å². The molecule has 0 saturated carbocycles. The predicted octanol–water partition coefficient (Wildman–Crippen LogP) is 3.85. The summed E-state index contributed by atoms with van der Waals surface area (Å²) in [4.78, 5) is 14.9. The Kier molecular flexibility index (Phi) is 4.95. The molecule has 0 aromatic heterocycles. The van der Waals surface area contributed by atoms with Crippen LogP contribution in [0, 0.1) is 0 Å². The third-order valence-electron chi connectivity index (χ3n) is 4.91. The average Bonchev–Trinajstić information content (AvgIpc) is 2.98. The van der Waals surface area contributed by atoms with E-state index in [1.54, 1.807) is 0 Å². The highest BCUT2D eigenvalue weighted by Crippen LogP contribution is 2.31. The van der Waals surface area contributed by atoms with Gasteiger partial charge in [-0.2, -0.15) is 0 Å². The molecule has 136 valence electrons. The molecule has 1 N–H and O–H groups in total. The van der Waals surface area contributed by atoms with E-state index in [0.29, 0.717) is 11.5 Å². The van der Waals surface area contributed by atoms with Gasteiger partial charge in [-0.1, -0.05) is 25.0 Å². The number of carbonyl (C=O) groups excluding carboxylic acids is 1. The first kappa shape index (κ1) is 16.8. The van der Waals surface area contributed by atoms with E-state index >= 15 is 0 Å². The smallest absolute Gasteiger partial charge is 0.269 e. The molecule has 0 unspecified atom stereocenters. The fraction of sp³-hybridized carbons (Fsp3) is 0.381. The molecule has 1 atom stereocenters. The number of hydrogen-bond acceptors (Lipinski definition) is 4. The zero-order valence-corrected chi connectivity index (χ0v) is 14.8. The van der Waals surface area contributed by atoms with E-state index in [1.807, 2.05) is 36.4 Å². The van der Waals surface area contributed by atoms with Crippen molar-refractivity contribution in [3.05, 3.63) is 48.5 Å². The molecule has 0 radical (unpaired) electrons. The van der Waals surface area contributed by atoms with Crippen molar-refractivity contribution < 1.29 is 14.3 Å². The second-order valence-corrected chi connectivity index (χ2v) is 6.80. The van der Waals surface area contributed by atoms with Gasteiger partial charge in [0.2, 0.25) is 6.10 Å². The molecule has 1 fully saturated rings. The van der Waals surface area contributed by atoms with Crippen molar-refractivity contribution >= 4 is 17.3 Å². The van der Waals surface area contributed by atoms with Gasteiger partial charge in [0.1, 0.15) is 6.61 Å². The maximum Gasteiger partial charge on any atom is 0.269 e. The summed E-state index contributed by atoms with van der Waals surface area (Å²) in [5.74, 6) is 1.09. The summed E-state index contributed by atoms with van der Waals surface area (Å²) < 4.78 is 11.4. The van der Waals surface area contributed by atoms with E-state index in [9.17, 15) is 4.79 Å². The minimum Gasteiger partial charge on any atom is -0.485 e. The number of ether oxygens (including phenoxy) is 2. The summed E-state index contributed by atoms with van der Waals surface area (Å²) in [7, 11) is 0. The van der Waals surface area contributed by atoms with Gasteiger partial charge in [0, 0.05) is 24.5 Å². The van der Waals surface area contributed by atoms with Crippen LogP contribution in [0.25, 0.3) is 0 Å². The van der Waals surface area contributed by atoms with Crippen molar-refractivity contribution in [3.63, 3.8) is 0 Å². The number of nitrogens with zero attached hydrogens (tertiary/aromatic N) is 1. The molecule has 0 bridgehead atoms. The molecule has 5 nitrogen and oxygen atoms in total. The first-order valence-electron chi connectivity index (χ1n) is 9.34. The van der Waals surface area contributed by atoms with Crippen LogP contribution in [0.5, 0.6) is 11.5 Å². The zero-order valence-electron chi connectivity index (χ0n) is 14.8. The molecule has 2 aromatic carbocycles. The van der Waals surface area contributed by atoms with Crippen molar-refractivity contribution in [3.8, 4) is 11.5 Å². The van der Waals surface area contributed by atoms with E-state index in [1.165, 1.54) is 31.4 Å². The predicted molar refractivity (Wildman–Crippen MR) is 102 cm³/mol. The lowest BCUT2D eigenvalue weighted by molar-refractivity contribution is -0.125. The van der Waals surface area contributed by atoms with Crippen LogP contribution in [0.2, 0.25) is 0 Å². The number of fused-ring (bicyclic) bond motifs is 1. The van der Waals surface area contributed by atoms with Crippen LogP contribution in [0.15, 0.2) is 48.5 Å². The highest BCUT2D eigenvalue weighted by atomic mass is 16.6. The minimum absolute atomic E-state index is 0.193. The third-order valence-corrected chi connectivity index (χ3v) is 4.91. The van der Waals surface area contributed by atoms with Crippen LogP contribution in [-0.4, -0.2) is 31.7 Å². The normalized spacial score (nSPS) is 19.5. The molecule has 2 aliphatic rings. The van der Waals surface area contributed by atoms with Gasteiger partial charge >= 0.3 is 0 Å². The summed E-state index contributed by atoms with van der Waals surface area (Å²) in [6, 6.07) is 15.5. The maximum absolute atomic E-state index is 12.5. The van der Waals surface area contributed by atoms with Crippen molar-refractivity contribution in [2.45, 2.75) is 31.8 Å². The largest absolute Gasteiger partial charge is 0.485 e. The summed E-state index contributed by atoms with van der Waals surface area (Å²) in [6.07, 6.45) is 4.49. The van der Waals surface area contributed by atoms with Crippen molar-refractivity contribution in [2.75, 3.05) is 29.9 Å². The summed E-state index contributed by atoms with van der Waals surface area (Å²) in [5, 5.41) is 2.92. The van der Waals surface area contributed by atoms with Crippen LogP contribution in [0.4, 0.5) is 11.4 Å². The highest BCUT2D eigenvalue weighted by Gasteiger charge is 2.27. The van der Waals surface area contributed by atoms with Gasteiger partial charge in [-0.3, -0.25) is 4.79 Å². The molecule has 2 aromatic rings. The fourth-order valence-corrected chi connectivity index (χ4v) is 3.46. The second-order valence-electron chi connectivity index (χ2n) is 6.80. The number of amides is 1. The molecule has 2 aliphatic heterocycles. The SMILES string of the molecule is O=C(Nc1ccc(N2CCCCCC2)cc1)[C@@H]1COc2ccccc2O1. The Hall–Kier alpha value is -2.69. The Labute approximate surface area is 153 Å². The number of carbonyl (C=O) groups is 1. The molecule has 4 rings (SSSR count). The molecule has 1 saturated heterocycles. The third kappa shape index (κ3) is 3.77. The lowest BCUT2D eigenvalue weighted by Crippen LogP contribution is -2.40. The summed E-state index contributed by atoms with van der Waals surface area (Å²) in [6.45, 7) is 2.44. The highest BCUT2D eigenvalue weighted by molar-refractivity contribution is 5.94. The Bertz CT molecular complexity index is 752. The van der Waals surface area contributed by atoms with Gasteiger partial charge in [0.15, 0.2) is 11.5 Å². The van der Waals surface area contributed by atoms with E-state index in [2.05, 4.69) is 22.3 Å². The van der Waals surface area contributed by atoms with Gasteiger partial charge in [0.05, 0.1) is 0 Å². The average molecular weight is 352 g/mol. The van der Waals surface area contributed by atoms with Gasteiger partial charge < -0.3 is 19.7 Å². The van der Waals surface area contributed by atoms with E-state index < -0.39 is 6.10 Å². The second kappa shape index (κ2) is 7.68. The lowest BCUT2D eigenvalue weighted by atomic mass is 10.2. The van der Waals surface area contributed by atoms with Gasteiger partial charge in [-0.15, -0.1) is 0 Å². The molecule has 0 aliphatic carbocycles. The molecule has 26 heavy (non-hydrogen) atoms. The van der Waals surface area contributed by atoms with Crippen molar-refractivity contribution in [2.24, 2.45) is 0 Å². The number of hydrogen-bond donors (Lipinski definition) is 1. The van der Waals surface area contributed by atoms with Crippen LogP contribution in [0.1, 0.15) is 25.7 Å². The first-order valence-corrected chi connectivity index (χ1v) is 9.34. The molecular formula is C21H24N2O3. The quantitative estimate of drug-likeness (QED) is 0.912. The molecule has 5 heteroatoms. The van der Waals surface area contributed by atoms with Crippen molar-refractivity contribution in [1.82, 2.24) is 0 Å². The number of anilines is 2. The molecule has 1 amide bonds. The van der Waals surface area contributed by atoms with Gasteiger partial charge in [0.25, 0.3) is 5.91 Å². The number of rotatable bonds is 3. The van der Waals surface area contributed by atoms with Crippen LogP contribution < -0.4 is 19.7 Å². The van der Waals surface area contributed by atoms with E-state index in [0.717, 1.165) is 18.8 Å². The van der Waals surface area contributed by atoms with E-state index in [4.69, 9.17) is 9.47 Å². The summed E-state index contributed by atoms with van der Waals surface area (Å²) in [5.41, 5.74) is 1.99. The van der Waals surface area contributed by atoms with Crippen molar-refractivity contribution in [1.29, 1.82) is 0 Å². The monoisotopic (exact) mass is 352 g/mol. The van der Waals surface area contributed by atoms with Gasteiger partial charge in [-0.05, 0) is 49.2 Å². The Morgan fingerprint density at radius 1 is 0.923 bits per heavy atom. The number of benzene rings is 2. The Morgan fingerprint density at radius 2 is 1.62 bits per heavy atom. The fourth-order valence-electron chi connectivity index (χ4n) is 3.46. The Balaban J connectivity index is 1.37. The molecule has 2 heterocycles. The molecular weight excluding hydrogens is 328 g/mol. The van der Waals surface area contributed by atoms with Crippen LogP contribution in [-0.2, 0) is 4.79 Å². The minimum atomic E-state index is -0.643. The zero-order chi connectivity index (χ0) is 17.8. The topological polar surface area (TPSA) is 50.8 Å². The van der Waals surface area contributed by atoms with Crippen LogP contribution >= 0.6 is 0 Å². The lowest BCUT2D eigenvalue weighted by Gasteiger charge is -2.26. The number of nitrogens with one attached hydrogen (secondary N) is 1. The van der Waals surface area contributed by atoms with Gasteiger partial charge in [-0.25, -0.2) is 0 Å². The Morgan fingerprint density at radius 3 is 2.35 bits per heavy atom. The van der Waals surface area contributed by atoms with Crippen LogP contribution in [0.3, 0.4) is 0 Å².